The van der Waals surface area contributed by atoms with Crippen LogP contribution in [0.1, 0.15) is 32.0 Å². The second-order valence-electron chi connectivity index (χ2n) is 7.07. The summed E-state index contributed by atoms with van der Waals surface area (Å²) in [5, 5.41) is 2.99. The van der Waals surface area contributed by atoms with E-state index in [9.17, 15) is 9.59 Å². The molecule has 0 fully saturated rings. The highest BCUT2D eigenvalue weighted by atomic mass is 16.2. The summed E-state index contributed by atoms with van der Waals surface area (Å²) in [5.41, 5.74) is 3.30. The zero-order valence-electron chi connectivity index (χ0n) is 15.7. The average Bonchev–Trinajstić information content (AvgIpc) is 3.18. The van der Waals surface area contributed by atoms with Crippen molar-refractivity contribution >= 4 is 11.8 Å². The number of carbonyl (C=O) groups is 2. The minimum absolute atomic E-state index is 0.0325. The Morgan fingerprint density at radius 2 is 2.11 bits per heavy atom. The largest absolute Gasteiger partial charge is 0.350 e. The van der Waals surface area contributed by atoms with Gasteiger partial charge in [-0.1, -0.05) is 23.8 Å². The Kier molecular flexibility index (Phi) is 4.93. The predicted octanol–water partition coefficient (Wildman–Crippen LogP) is 2.65. The van der Waals surface area contributed by atoms with Gasteiger partial charge in [-0.15, -0.1) is 0 Å². The van der Waals surface area contributed by atoms with E-state index in [4.69, 9.17) is 0 Å². The summed E-state index contributed by atoms with van der Waals surface area (Å²) in [6, 6.07) is 14.9. The Labute approximate surface area is 163 Å². The second-order valence-corrected chi connectivity index (χ2v) is 7.07. The molecule has 28 heavy (non-hydrogen) atoms. The van der Waals surface area contributed by atoms with E-state index in [0.29, 0.717) is 30.9 Å². The molecule has 1 unspecified atom stereocenters. The first-order valence-electron chi connectivity index (χ1n) is 9.32. The minimum atomic E-state index is -0.138. The first-order valence-corrected chi connectivity index (χ1v) is 9.32. The molecule has 0 saturated carbocycles. The molecule has 0 bridgehead atoms. The third kappa shape index (κ3) is 3.67. The number of pyridine rings is 1. The number of hydrogen-bond acceptors (Lipinski definition) is 3. The Morgan fingerprint density at radius 1 is 1.21 bits per heavy atom. The standard InChI is InChI=1S/C22H22N4O2/c1-16-5-2-7-18(11-16)21(27)24-13-19-15-25-10-4-8-20(25)22(28)26(19)14-17-6-3-9-23-12-17/h2-12,19H,13-15H2,1H3,(H,24,27). The van der Waals surface area contributed by atoms with Gasteiger partial charge in [-0.3, -0.25) is 14.6 Å². The molecule has 0 aliphatic carbocycles. The number of amides is 2. The van der Waals surface area contributed by atoms with Gasteiger partial charge in [0.2, 0.25) is 0 Å². The molecular weight excluding hydrogens is 352 g/mol. The zero-order chi connectivity index (χ0) is 19.5. The van der Waals surface area contributed by atoms with Gasteiger partial charge in [0.1, 0.15) is 5.69 Å². The fourth-order valence-corrected chi connectivity index (χ4v) is 3.57. The average molecular weight is 374 g/mol. The van der Waals surface area contributed by atoms with E-state index in [1.807, 2.05) is 65.1 Å². The highest BCUT2D eigenvalue weighted by Gasteiger charge is 2.32. The fraction of sp³-hybridized carbons (Fsp3) is 0.227. The molecule has 1 aliphatic rings. The van der Waals surface area contributed by atoms with Crippen molar-refractivity contribution in [1.29, 1.82) is 0 Å². The van der Waals surface area contributed by atoms with Crippen molar-refractivity contribution in [3.05, 3.63) is 89.5 Å². The maximum Gasteiger partial charge on any atom is 0.271 e. The van der Waals surface area contributed by atoms with Gasteiger partial charge in [0.25, 0.3) is 11.8 Å². The molecule has 2 amide bonds. The van der Waals surface area contributed by atoms with Crippen molar-refractivity contribution in [2.24, 2.45) is 0 Å². The Morgan fingerprint density at radius 3 is 2.89 bits per heavy atom. The summed E-state index contributed by atoms with van der Waals surface area (Å²) in [5.74, 6) is -0.161. The van der Waals surface area contributed by atoms with Crippen molar-refractivity contribution < 1.29 is 9.59 Å². The molecule has 4 rings (SSSR count). The summed E-state index contributed by atoms with van der Waals surface area (Å²) in [4.78, 5) is 31.5. The Balaban J connectivity index is 1.52. The van der Waals surface area contributed by atoms with E-state index < -0.39 is 0 Å². The van der Waals surface area contributed by atoms with E-state index in [1.54, 1.807) is 18.5 Å². The van der Waals surface area contributed by atoms with Crippen LogP contribution in [0.15, 0.2) is 67.1 Å². The SMILES string of the molecule is Cc1cccc(C(=O)NCC2Cn3cccc3C(=O)N2Cc2cccnc2)c1. The molecule has 1 N–H and O–H groups in total. The van der Waals surface area contributed by atoms with Crippen LogP contribution in [-0.4, -0.2) is 38.9 Å². The smallest absolute Gasteiger partial charge is 0.271 e. The maximum absolute atomic E-state index is 13.0. The molecule has 0 radical (unpaired) electrons. The molecule has 6 nitrogen and oxygen atoms in total. The molecule has 1 aromatic carbocycles. The lowest BCUT2D eigenvalue weighted by Gasteiger charge is -2.36. The lowest BCUT2D eigenvalue weighted by atomic mass is 10.1. The lowest BCUT2D eigenvalue weighted by molar-refractivity contribution is 0.0563. The minimum Gasteiger partial charge on any atom is -0.350 e. The van der Waals surface area contributed by atoms with Gasteiger partial charge >= 0.3 is 0 Å². The number of benzene rings is 1. The molecule has 3 heterocycles. The van der Waals surface area contributed by atoms with Gasteiger partial charge in [0.15, 0.2) is 0 Å². The first kappa shape index (κ1) is 18.0. The van der Waals surface area contributed by atoms with Crippen LogP contribution < -0.4 is 5.32 Å². The van der Waals surface area contributed by atoms with Crippen molar-refractivity contribution in [1.82, 2.24) is 19.8 Å². The number of fused-ring (bicyclic) bond motifs is 1. The van der Waals surface area contributed by atoms with Gasteiger partial charge in [-0.25, -0.2) is 0 Å². The van der Waals surface area contributed by atoms with Gasteiger partial charge in [-0.05, 0) is 42.8 Å². The third-order valence-electron chi connectivity index (χ3n) is 5.01. The Hall–Kier alpha value is -3.41. The van der Waals surface area contributed by atoms with E-state index in [1.165, 1.54) is 0 Å². The highest BCUT2D eigenvalue weighted by Crippen LogP contribution is 2.20. The summed E-state index contributed by atoms with van der Waals surface area (Å²) < 4.78 is 1.95. The van der Waals surface area contributed by atoms with Crippen LogP contribution in [-0.2, 0) is 13.1 Å². The van der Waals surface area contributed by atoms with Crippen molar-refractivity contribution in [2.45, 2.75) is 26.1 Å². The Bertz CT molecular complexity index is 997. The zero-order valence-corrected chi connectivity index (χ0v) is 15.7. The van der Waals surface area contributed by atoms with Crippen molar-refractivity contribution in [3.63, 3.8) is 0 Å². The van der Waals surface area contributed by atoms with Crippen LogP contribution in [0.5, 0.6) is 0 Å². The monoisotopic (exact) mass is 374 g/mol. The number of carbonyl (C=O) groups excluding carboxylic acids is 2. The van der Waals surface area contributed by atoms with Gasteiger partial charge in [-0.2, -0.15) is 0 Å². The first-order chi connectivity index (χ1) is 13.6. The van der Waals surface area contributed by atoms with Crippen LogP contribution in [0.3, 0.4) is 0 Å². The molecule has 2 aromatic heterocycles. The van der Waals surface area contributed by atoms with Crippen molar-refractivity contribution in [2.75, 3.05) is 6.54 Å². The van der Waals surface area contributed by atoms with E-state index in [-0.39, 0.29) is 17.9 Å². The fourth-order valence-electron chi connectivity index (χ4n) is 3.57. The molecular formula is C22H22N4O2. The van der Waals surface area contributed by atoms with Crippen LogP contribution in [0.2, 0.25) is 0 Å². The molecule has 3 aromatic rings. The van der Waals surface area contributed by atoms with E-state index in [2.05, 4.69) is 10.3 Å². The normalized spacial score (nSPS) is 16.0. The number of aromatic nitrogens is 2. The molecule has 0 spiro atoms. The summed E-state index contributed by atoms with van der Waals surface area (Å²) in [6.45, 7) is 3.45. The van der Waals surface area contributed by atoms with Gasteiger partial charge in [0, 0.05) is 43.8 Å². The van der Waals surface area contributed by atoms with Gasteiger partial charge in [0.05, 0.1) is 6.04 Å². The van der Waals surface area contributed by atoms with Crippen LogP contribution in [0.4, 0.5) is 0 Å². The second kappa shape index (κ2) is 7.68. The highest BCUT2D eigenvalue weighted by molar-refractivity contribution is 5.95. The van der Waals surface area contributed by atoms with Gasteiger partial charge < -0.3 is 14.8 Å². The van der Waals surface area contributed by atoms with Crippen LogP contribution >= 0.6 is 0 Å². The topological polar surface area (TPSA) is 67.2 Å². The lowest BCUT2D eigenvalue weighted by Crippen LogP contribution is -2.52. The number of nitrogens with one attached hydrogen (secondary N) is 1. The van der Waals surface area contributed by atoms with Crippen LogP contribution in [0.25, 0.3) is 0 Å². The number of nitrogens with zero attached hydrogens (tertiary/aromatic N) is 3. The summed E-state index contributed by atoms with van der Waals surface area (Å²) in [6.07, 6.45) is 5.39. The molecule has 1 atom stereocenters. The summed E-state index contributed by atoms with van der Waals surface area (Å²) in [7, 11) is 0. The quantitative estimate of drug-likeness (QED) is 0.747. The maximum atomic E-state index is 13.0. The molecule has 142 valence electrons. The van der Waals surface area contributed by atoms with E-state index in [0.717, 1.165) is 11.1 Å². The summed E-state index contributed by atoms with van der Waals surface area (Å²) >= 11 is 0. The van der Waals surface area contributed by atoms with Crippen molar-refractivity contribution in [3.8, 4) is 0 Å². The van der Waals surface area contributed by atoms with E-state index >= 15 is 0 Å². The number of aryl methyl sites for hydroxylation is 1. The molecule has 1 aliphatic heterocycles. The molecule has 0 saturated heterocycles. The molecule has 6 heteroatoms. The number of hydrogen-bond donors (Lipinski definition) is 1. The van der Waals surface area contributed by atoms with Crippen LogP contribution in [0, 0.1) is 6.92 Å². The third-order valence-corrected chi connectivity index (χ3v) is 5.01. The predicted molar refractivity (Wildman–Crippen MR) is 106 cm³/mol. The number of rotatable bonds is 5.